The van der Waals surface area contributed by atoms with Crippen LogP contribution in [0.1, 0.15) is 11.1 Å². The standard InChI is InChI=1S/C34H33N5O3/c1-24-8-7-11-27(20-24)39-22-28(26-9-5-4-6-10-26)32-33(35-23-36-34(32)39)38-18-16-37(17-19-38)31(40)15-13-25-12-14-29(41-2)30(21-25)42-3/h4-15,20-23H,16-19H2,1-3H3/b15-13+. The highest BCUT2D eigenvalue weighted by atomic mass is 16.5. The molecule has 2 aromatic heterocycles. The van der Waals surface area contributed by atoms with Gasteiger partial charge >= 0.3 is 0 Å². The van der Waals surface area contributed by atoms with E-state index in [-0.39, 0.29) is 5.91 Å². The number of piperazine rings is 1. The Morgan fingerprint density at radius 1 is 0.857 bits per heavy atom. The predicted octanol–water partition coefficient (Wildman–Crippen LogP) is 5.78. The van der Waals surface area contributed by atoms with E-state index < -0.39 is 0 Å². The monoisotopic (exact) mass is 559 g/mol. The van der Waals surface area contributed by atoms with Crippen LogP contribution in [0.4, 0.5) is 5.82 Å². The first kappa shape index (κ1) is 27.1. The molecule has 8 nitrogen and oxygen atoms in total. The zero-order valence-corrected chi connectivity index (χ0v) is 24.0. The number of aromatic nitrogens is 3. The van der Waals surface area contributed by atoms with E-state index in [0.717, 1.165) is 39.2 Å². The summed E-state index contributed by atoms with van der Waals surface area (Å²) >= 11 is 0. The third-order valence-electron chi connectivity index (χ3n) is 7.64. The van der Waals surface area contributed by atoms with Crippen molar-refractivity contribution < 1.29 is 14.3 Å². The summed E-state index contributed by atoms with van der Waals surface area (Å²) in [5.41, 5.74) is 6.17. The molecule has 6 rings (SSSR count). The Kier molecular flexibility index (Phi) is 7.60. The Morgan fingerprint density at radius 2 is 1.64 bits per heavy atom. The van der Waals surface area contributed by atoms with E-state index in [1.54, 1.807) is 26.6 Å². The van der Waals surface area contributed by atoms with Crippen molar-refractivity contribution in [3.63, 3.8) is 0 Å². The molecule has 5 aromatic rings. The van der Waals surface area contributed by atoms with Gasteiger partial charge in [0, 0.05) is 49.7 Å². The van der Waals surface area contributed by atoms with Gasteiger partial charge in [-0.2, -0.15) is 0 Å². The van der Waals surface area contributed by atoms with Crippen molar-refractivity contribution in [1.82, 2.24) is 19.4 Å². The topological polar surface area (TPSA) is 72.7 Å². The molecule has 42 heavy (non-hydrogen) atoms. The molecular weight excluding hydrogens is 526 g/mol. The second-order valence-corrected chi connectivity index (χ2v) is 10.3. The lowest BCUT2D eigenvalue weighted by molar-refractivity contribution is -0.126. The Hall–Kier alpha value is -5.11. The number of nitrogens with zero attached hydrogens (tertiary/aromatic N) is 5. The van der Waals surface area contributed by atoms with Crippen molar-refractivity contribution in [3.05, 3.63) is 103 Å². The highest BCUT2D eigenvalue weighted by molar-refractivity contribution is 6.02. The van der Waals surface area contributed by atoms with Gasteiger partial charge in [-0.3, -0.25) is 4.79 Å². The Labute approximate surface area is 245 Å². The van der Waals surface area contributed by atoms with Crippen LogP contribution >= 0.6 is 0 Å². The van der Waals surface area contributed by atoms with Gasteiger partial charge in [0.25, 0.3) is 0 Å². The molecule has 0 N–H and O–H groups in total. The molecule has 1 amide bonds. The predicted molar refractivity (Wildman–Crippen MR) is 166 cm³/mol. The number of fused-ring (bicyclic) bond motifs is 1. The van der Waals surface area contributed by atoms with E-state index in [0.29, 0.717) is 37.7 Å². The molecule has 0 saturated carbocycles. The van der Waals surface area contributed by atoms with Crippen LogP contribution in [0.5, 0.6) is 11.5 Å². The minimum atomic E-state index is -0.0205. The molecule has 1 aliphatic rings. The number of carbonyl (C=O) groups excluding carboxylic acids is 1. The summed E-state index contributed by atoms with van der Waals surface area (Å²) in [6, 6.07) is 24.4. The Balaban J connectivity index is 1.26. The van der Waals surface area contributed by atoms with E-state index in [9.17, 15) is 4.79 Å². The van der Waals surface area contributed by atoms with Crippen LogP contribution in [0.25, 0.3) is 33.9 Å². The molecule has 0 spiro atoms. The summed E-state index contributed by atoms with van der Waals surface area (Å²) in [7, 11) is 3.20. The van der Waals surface area contributed by atoms with Crippen molar-refractivity contribution >= 4 is 28.8 Å². The third kappa shape index (κ3) is 5.31. The maximum Gasteiger partial charge on any atom is 0.246 e. The third-order valence-corrected chi connectivity index (χ3v) is 7.64. The summed E-state index contributed by atoms with van der Waals surface area (Å²) in [6.45, 7) is 4.63. The molecule has 1 fully saturated rings. The van der Waals surface area contributed by atoms with Gasteiger partial charge in [0.1, 0.15) is 12.1 Å². The van der Waals surface area contributed by atoms with E-state index in [1.165, 1.54) is 5.56 Å². The number of ether oxygens (including phenoxy) is 2. The van der Waals surface area contributed by atoms with Gasteiger partial charge in [-0.25, -0.2) is 9.97 Å². The van der Waals surface area contributed by atoms with Crippen LogP contribution in [-0.2, 0) is 4.79 Å². The number of hydrogen-bond donors (Lipinski definition) is 0. The van der Waals surface area contributed by atoms with Crippen LogP contribution in [0.2, 0.25) is 0 Å². The highest BCUT2D eigenvalue weighted by Gasteiger charge is 2.25. The van der Waals surface area contributed by atoms with Crippen LogP contribution in [0, 0.1) is 6.92 Å². The quantitative estimate of drug-likeness (QED) is 0.236. The maximum absolute atomic E-state index is 13.1. The van der Waals surface area contributed by atoms with Crippen LogP contribution in [-0.4, -0.2) is 65.7 Å². The lowest BCUT2D eigenvalue weighted by atomic mass is 10.1. The zero-order valence-electron chi connectivity index (χ0n) is 24.0. The Bertz CT molecular complexity index is 1750. The number of amides is 1. The number of methoxy groups -OCH3 is 2. The van der Waals surface area contributed by atoms with Crippen molar-refractivity contribution in [3.8, 4) is 28.3 Å². The fourth-order valence-electron chi connectivity index (χ4n) is 5.46. The molecule has 3 heterocycles. The summed E-state index contributed by atoms with van der Waals surface area (Å²) < 4.78 is 12.8. The van der Waals surface area contributed by atoms with Crippen LogP contribution < -0.4 is 14.4 Å². The molecule has 212 valence electrons. The van der Waals surface area contributed by atoms with Crippen LogP contribution in [0.3, 0.4) is 0 Å². The average molecular weight is 560 g/mol. The van der Waals surface area contributed by atoms with Crippen LogP contribution in [0.15, 0.2) is 91.4 Å². The minimum absolute atomic E-state index is 0.0205. The van der Waals surface area contributed by atoms with Gasteiger partial charge in [0.05, 0.1) is 19.6 Å². The van der Waals surface area contributed by atoms with E-state index in [1.807, 2.05) is 35.2 Å². The molecule has 8 heteroatoms. The summed E-state index contributed by atoms with van der Waals surface area (Å²) in [5, 5.41) is 1.01. The van der Waals surface area contributed by atoms with Crippen molar-refractivity contribution in [2.75, 3.05) is 45.3 Å². The van der Waals surface area contributed by atoms with Crippen molar-refractivity contribution in [1.29, 1.82) is 0 Å². The lowest BCUT2D eigenvalue weighted by Gasteiger charge is -2.35. The highest BCUT2D eigenvalue weighted by Crippen LogP contribution is 2.37. The first-order chi connectivity index (χ1) is 20.6. The largest absolute Gasteiger partial charge is 0.493 e. The minimum Gasteiger partial charge on any atom is -0.493 e. The fraction of sp³-hybridized carbons (Fsp3) is 0.206. The molecule has 0 unspecified atom stereocenters. The SMILES string of the molecule is COc1ccc(/C=C/C(=O)N2CCN(c3ncnc4c3c(-c3ccccc3)cn4-c3cccc(C)c3)CC2)cc1OC. The lowest BCUT2D eigenvalue weighted by Crippen LogP contribution is -2.48. The fourth-order valence-corrected chi connectivity index (χ4v) is 5.46. The van der Waals surface area contributed by atoms with Gasteiger partial charge < -0.3 is 23.8 Å². The summed E-state index contributed by atoms with van der Waals surface area (Å²) in [5.74, 6) is 2.15. The summed E-state index contributed by atoms with van der Waals surface area (Å²) in [6.07, 6.45) is 7.23. The molecule has 0 bridgehead atoms. The second kappa shape index (κ2) is 11.8. The van der Waals surface area contributed by atoms with Gasteiger partial charge in [0.15, 0.2) is 17.1 Å². The second-order valence-electron chi connectivity index (χ2n) is 10.3. The molecule has 3 aromatic carbocycles. The smallest absolute Gasteiger partial charge is 0.246 e. The zero-order chi connectivity index (χ0) is 29.1. The number of hydrogen-bond acceptors (Lipinski definition) is 6. The number of rotatable bonds is 7. The van der Waals surface area contributed by atoms with Gasteiger partial charge in [0.2, 0.25) is 5.91 Å². The van der Waals surface area contributed by atoms with E-state index in [2.05, 4.69) is 71.1 Å². The maximum atomic E-state index is 13.1. The van der Waals surface area contributed by atoms with Gasteiger partial charge in [-0.1, -0.05) is 48.5 Å². The molecule has 0 atom stereocenters. The molecule has 1 aliphatic heterocycles. The van der Waals surface area contributed by atoms with E-state index in [4.69, 9.17) is 19.4 Å². The van der Waals surface area contributed by atoms with E-state index >= 15 is 0 Å². The van der Waals surface area contributed by atoms with Gasteiger partial charge in [-0.05, 0) is 54.0 Å². The average Bonchev–Trinajstić information content (AvgIpc) is 3.44. The molecule has 0 aliphatic carbocycles. The number of benzene rings is 3. The molecular formula is C34H33N5O3. The molecule has 0 radical (unpaired) electrons. The normalized spacial score (nSPS) is 13.6. The molecule has 1 saturated heterocycles. The first-order valence-electron chi connectivity index (χ1n) is 14.0. The van der Waals surface area contributed by atoms with Crippen molar-refractivity contribution in [2.24, 2.45) is 0 Å². The van der Waals surface area contributed by atoms with Crippen molar-refractivity contribution in [2.45, 2.75) is 6.92 Å². The number of aryl methyl sites for hydroxylation is 1. The first-order valence-corrected chi connectivity index (χ1v) is 14.0. The number of anilines is 1. The van der Waals surface area contributed by atoms with Gasteiger partial charge in [-0.15, -0.1) is 0 Å². The summed E-state index contributed by atoms with van der Waals surface area (Å²) in [4.78, 5) is 26.7. The number of carbonyl (C=O) groups is 1. The Morgan fingerprint density at radius 3 is 2.38 bits per heavy atom.